The predicted molar refractivity (Wildman–Crippen MR) is 109 cm³/mol. The van der Waals surface area contributed by atoms with E-state index in [1.807, 2.05) is 18.2 Å². The van der Waals surface area contributed by atoms with Crippen LogP contribution in [0.1, 0.15) is 22.0 Å². The lowest BCUT2D eigenvalue weighted by Gasteiger charge is -2.37. The minimum atomic E-state index is -0.678. The number of β-amino-alcohol motifs (C(OH)–C–C–N with tert-alkyl or cyclic N) is 1. The predicted octanol–water partition coefficient (Wildman–Crippen LogP) is 2.07. The fourth-order valence-electron chi connectivity index (χ4n) is 3.30. The van der Waals surface area contributed by atoms with Crippen LogP contribution in [-0.2, 0) is 0 Å². The highest BCUT2D eigenvalue weighted by atomic mass is 35.5. The van der Waals surface area contributed by atoms with Gasteiger partial charge in [-0.1, -0.05) is 24.3 Å². The summed E-state index contributed by atoms with van der Waals surface area (Å²) in [5.74, 6) is -0.141. The van der Waals surface area contributed by atoms with E-state index in [9.17, 15) is 9.90 Å². The third-order valence-corrected chi connectivity index (χ3v) is 4.80. The molecule has 2 aromatic carbocycles. The minimum Gasteiger partial charge on any atom is -0.496 e. The molecular weight excluding hydrogens is 366 g/mol. The van der Waals surface area contributed by atoms with Crippen molar-refractivity contribution in [2.24, 2.45) is 5.73 Å². The number of carbonyl (C=O) groups excluding carboxylic acids is 1. The summed E-state index contributed by atoms with van der Waals surface area (Å²) in [5, 5.41) is 10.6. The molecule has 1 unspecified atom stereocenters. The van der Waals surface area contributed by atoms with Gasteiger partial charge in [-0.05, 0) is 29.8 Å². The number of aliphatic hydroxyl groups excluding tert-OH is 1. The number of aliphatic hydroxyl groups is 1. The maximum Gasteiger partial charge on any atom is 0.252 e. The number of rotatable bonds is 6. The molecule has 0 bridgehead atoms. The van der Waals surface area contributed by atoms with Crippen molar-refractivity contribution in [1.82, 2.24) is 4.90 Å². The molecule has 7 heteroatoms. The zero-order valence-corrected chi connectivity index (χ0v) is 16.2. The van der Waals surface area contributed by atoms with Crippen LogP contribution in [0.3, 0.4) is 0 Å². The minimum absolute atomic E-state index is 0. The van der Waals surface area contributed by atoms with Crippen molar-refractivity contribution < 1.29 is 14.6 Å². The van der Waals surface area contributed by atoms with E-state index in [1.165, 1.54) is 12.8 Å². The summed E-state index contributed by atoms with van der Waals surface area (Å²) in [6, 6.07) is 15.4. The third kappa shape index (κ3) is 5.13. The molecule has 6 nitrogen and oxygen atoms in total. The van der Waals surface area contributed by atoms with Gasteiger partial charge in [0.2, 0.25) is 0 Å². The van der Waals surface area contributed by atoms with E-state index in [0.717, 1.165) is 26.2 Å². The zero-order valence-electron chi connectivity index (χ0n) is 15.4. The van der Waals surface area contributed by atoms with Crippen molar-refractivity contribution in [3.63, 3.8) is 0 Å². The van der Waals surface area contributed by atoms with Crippen LogP contribution < -0.4 is 15.4 Å². The molecule has 0 spiro atoms. The Labute approximate surface area is 165 Å². The number of piperazine rings is 1. The van der Waals surface area contributed by atoms with Gasteiger partial charge in [-0.2, -0.15) is 0 Å². The summed E-state index contributed by atoms with van der Waals surface area (Å²) < 4.78 is 5.15. The lowest BCUT2D eigenvalue weighted by Crippen LogP contribution is -2.47. The van der Waals surface area contributed by atoms with Gasteiger partial charge in [0.25, 0.3) is 5.91 Å². The summed E-state index contributed by atoms with van der Waals surface area (Å²) in [4.78, 5) is 16.1. The Balaban J connectivity index is 0.00000261. The number of primary amides is 1. The number of ether oxygens (including phenoxy) is 1. The van der Waals surface area contributed by atoms with E-state index >= 15 is 0 Å². The number of methoxy groups -OCH3 is 1. The summed E-state index contributed by atoms with van der Waals surface area (Å²) >= 11 is 0. The van der Waals surface area contributed by atoms with Crippen molar-refractivity contribution in [2.45, 2.75) is 6.10 Å². The van der Waals surface area contributed by atoms with Crippen molar-refractivity contribution in [1.29, 1.82) is 0 Å². The Morgan fingerprint density at radius 1 is 1.15 bits per heavy atom. The molecule has 0 aliphatic carbocycles. The van der Waals surface area contributed by atoms with Crippen molar-refractivity contribution in [2.75, 3.05) is 44.7 Å². The number of nitrogens with two attached hydrogens (primary N) is 1. The summed E-state index contributed by atoms with van der Waals surface area (Å²) in [7, 11) is 1.49. The molecule has 1 amide bonds. The summed E-state index contributed by atoms with van der Waals surface area (Å²) in [6.07, 6.45) is -0.678. The van der Waals surface area contributed by atoms with Gasteiger partial charge in [-0.15, -0.1) is 12.4 Å². The molecule has 2 aromatic rings. The molecule has 3 rings (SSSR count). The van der Waals surface area contributed by atoms with Crippen LogP contribution in [0.4, 0.5) is 5.69 Å². The second-order valence-corrected chi connectivity index (χ2v) is 6.46. The van der Waals surface area contributed by atoms with Gasteiger partial charge in [0.1, 0.15) is 5.75 Å². The van der Waals surface area contributed by atoms with E-state index in [-0.39, 0.29) is 18.0 Å². The highest BCUT2D eigenvalue weighted by molar-refractivity contribution is 5.95. The number of carbonyl (C=O) groups is 1. The van der Waals surface area contributed by atoms with Gasteiger partial charge in [0.05, 0.1) is 18.8 Å². The van der Waals surface area contributed by atoms with Gasteiger partial charge in [-0.3, -0.25) is 9.69 Å². The Bertz CT molecular complexity index is 749. The van der Waals surface area contributed by atoms with E-state index in [0.29, 0.717) is 17.9 Å². The molecule has 1 atom stereocenters. The smallest absolute Gasteiger partial charge is 0.252 e. The average Bonchev–Trinajstić information content (AvgIpc) is 2.68. The SMILES string of the molecule is COc1ccc(C(O)CN2CCN(c3ccccc3)CC2)cc1C(N)=O.Cl. The van der Waals surface area contributed by atoms with E-state index in [2.05, 4.69) is 21.9 Å². The van der Waals surface area contributed by atoms with E-state index < -0.39 is 12.0 Å². The van der Waals surface area contributed by atoms with Gasteiger partial charge < -0.3 is 20.5 Å². The molecule has 1 heterocycles. The number of benzene rings is 2. The van der Waals surface area contributed by atoms with E-state index in [4.69, 9.17) is 10.5 Å². The molecule has 1 fully saturated rings. The van der Waals surface area contributed by atoms with Crippen LogP contribution in [0.25, 0.3) is 0 Å². The number of nitrogens with zero attached hydrogens (tertiary/aromatic N) is 2. The Kier molecular flexibility index (Phi) is 7.47. The first kappa shape index (κ1) is 21.0. The zero-order chi connectivity index (χ0) is 18.5. The lowest BCUT2D eigenvalue weighted by atomic mass is 10.0. The first-order valence-corrected chi connectivity index (χ1v) is 8.76. The maximum atomic E-state index is 11.6. The Hall–Kier alpha value is -2.28. The third-order valence-electron chi connectivity index (χ3n) is 4.80. The molecular formula is C20H26ClN3O3. The first-order chi connectivity index (χ1) is 12.6. The number of hydrogen-bond acceptors (Lipinski definition) is 5. The van der Waals surface area contributed by atoms with Crippen LogP contribution in [0.2, 0.25) is 0 Å². The fraction of sp³-hybridized carbons (Fsp3) is 0.350. The number of hydrogen-bond donors (Lipinski definition) is 2. The monoisotopic (exact) mass is 391 g/mol. The summed E-state index contributed by atoms with van der Waals surface area (Å²) in [5.41, 5.74) is 7.59. The number of anilines is 1. The second kappa shape index (κ2) is 9.60. The fourth-order valence-corrected chi connectivity index (χ4v) is 3.30. The maximum absolute atomic E-state index is 11.6. The summed E-state index contributed by atoms with van der Waals surface area (Å²) in [6.45, 7) is 4.13. The number of para-hydroxylation sites is 1. The van der Waals surface area contributed by atoms with Crippen LogP contribution in [0.15, 0.2) is 48.5 Å². The Morgan fingerprint density at radius 2 is 1.81 bits per heavy atom. The topological polar surface area (TPSA) is 79.0 Å². The van der Waals surface area contributed by atoms with Crippen molar-refractivity contribution in [3.8, 4) is 5.75 Å². The van der Waals surface area contributed by atoms with Crippen molar-refractivity contribution >= 4 is 24.0 Å². The van der Waals surface area contributed by atoms with Crippen LogP contribution in [0, 0.1) is 0 Å². The lowest BCUT2D eigenvalue weighted by molar-refractivity contribution is 0.0995. The number of amides is 1. The van der Waals surface area contributed by atoms with Crippen molar-refractivity contribution in [3.05, 3.63) is 59.7 Å². The number of halogens is 1. The highest BCUT2D eigenvalue weighted by Crippen LogP contribution is 2.24. The largest absolute Gasteiger partial charge is 0.496 e. The van der Waals surface area contributed by atoms with Gasteiger partial charge >= 0.3 is 0 Å². The van der Waals surface area contributed by atoms with Gasteiger partial charge in [-0.25, -0.2) is 0 Å². The van der Waals surface area contributed by atoms with Gasteiger partial charge in [0, 0.05) is 38.4 Å². The standard InChI is InChI=1S/C20H25N3O3.ClH/c1-26-19-8-7-15(13-17(19)20(21)25)18(24)14-22-9-11-23(12-10-22)16-5-3-2-4-6-16;/h2-8,13,18,24H,9-12,14H2,1H3,(H2,21,25);1H. The quantitative estimate of drug-likeness (QED) is 0.788. The van der Waals surface area contributed by atoms with Crippen LogP contribution >= 0.6 is 12.4 Å². The normalized spacial score (nSPS) is 15.7. The second-order valence-electron chi connectivity index (χ2n) is 6.46. The Morgan fingerprint density at radius 3 is 2.41 bits per heavy atom. The molecule has 0 radical (unpaired) electrons. The highest BCUT2D eigenvalue weighted by Gasteiger charge is 2.21. The molecule has 1 aliphatic rings. The van der Waals surface area contributed by atoms with Crippen LogP contribution in [-0.4, -0.2) is 55.7 Å². The molecule has 0 aromatic heterocycles. The molecule has 0 saturated carbocycles. The van der Waals surface area contributed by atoms with Crippen LogP contribution in [0.5, 0.6) is 5.75 Å². The average molecular weight is 392 g/mol. The molecule has 146 valence electrons. The molecule has 1 aliphatic heterocycles. The van der Waals surface area contributed by atoms with Gasteiger partial charge in [0.15, 0.2) is 0 Å². The molecule has 3 N–H and O–H groups in total. The van der Waals surface area contributed by atoms with E-state index in [1.54, 1.807) is 18.2 Å². The first-order valence-electron chi connectivity index (χ1n) is 8.76. The molecule has 1 saturated heterocycles. The molecule has 27 heavy (non-hydrogen) atoms.